The largest absolute Gasteiger partial charge is 0.454 e. The minimum Gasteiger partial charge on any atom is -0.454 e. The van der Waals surface area contributed by atoms with Crippen LogP contribution in [0, 0.1) is 17.8 Å². The van der Waals surface area contributed by atoms with Gasteiger partial charge in [0.25, 0.3) is 0 Å². The summed E-state index contributed by atoms with van der Waals surface area (Å²) in [5.74, 6) is -0.0413. The summed E-state index contributed by atoms with van der Waals surface area (Å²) in [5, 5.41) is 0. The second-order valence-electron chi connectivity index (χ2n) is 5.72. The average molecular weight is 278 g/mol. The first-order valence-electron chi connectivity index (χ1n) is 7.09. The maximum absolute atomic E-state index is 12.0. The lowest BCUT2D eigenvalue weighted by atomic mass is 9.85. The summed E-state index contributed by atoms with van der Waals surface area (Å²) in [6, 6.07) is 0. The Labute approximate surface area is 119 Å². The number of fused-ring (bicyclic) bond motifs is 1. The molecule has 0 N–H and O–H groups in total. The van der Waals surface area contributed by atoms with Gasteiger partial charge in [-0.05, 0) is 25.2 Å². The minimum absolute atomic E-state index is 0.0259. The van der Waals surface area contributed by atoms with Crippen molar-refractivity contribution in [1.29, 1.82) is 0 Å². The number of methoxy groups -OCH3 is 1. The van der Waals surface area contributed by atoms with E-state index in [1.165, 1.54) is 12.7 Å². The molecule has 0 aromatic heterocycles. The quantitative estimate of drug-likeness (QED) is 0.587. The van der Waals surface area contributed by atoms with E-state index in [1.54, 1.807) is 0 Å². The molecule has 4 atom stereocenters. The Morgan fingerprint density at radius 3 is 2.95 bits per heavy atom. The van der Waals surface area contributed by atoms with Crippen LogP contribution in [0.3, 0.4) is 0 Å². The number of allylic oxidation sites excluding steroid dienone is 3. The molecule has 0 aromatic carbocycles. The predicted octanol–water partition coefficient (Wildman–Crippen LogP) is 2.29. The molecule has 2 rings (SSSR count). The molecule has 20 heavy (non-hydrogen) atoms. The molecule has 4 nitrogen and oxygen atoms in total. The van der Waals surface area contributed by atoms with Gasteiger partial charge in [0.05, 0.1) is 6.42 Å². The van der Waals surface area contributed by atoms with Crippen LogP contribution >= 0.6 is 0 Å². The smallest absolute Gasteiger partial charge is 0.307 e. The first-order valence-corrected chi connectivity index (χ1v) is 7.09. The standard InChI is InChI=1S/C16H22O4/c1-10-7-11(2)16(14(17)9-19-3)20-15(18)8-12-5-4-6-13(10)12/h4-5,7,11-13,16H,6,8-9H2,1-3H3/b10-7+/t11-,12-,13+,16+/m1/s1. The molecule has 1 aliphatic heterocycles. The number of carbonyl (C=O) groups is 2. The minimum atomic E-state index is -0.736. The number of carbonyl (C=O) groups excluding carboxylic acids is 2. The predicted molar refractivity (Wildman–Crippen MR) is 75.0 cm³/mol. The molecule has 0 radical (unpaired) electrons. The Hall–Kier alpha value is -1.42. The summed E-state index contributed by atoms with van der Waals surface area (Å²) in [4.78, 5) is 24.1. The fourth-order valence-electron chi connectivity index (χ4n) is 3.14. The van der Waals surface area contributed by atoms with E-state index in [-0.39, 0.29) is 30.2 Å². The molecule has 1 aliphatic carbocycles. The van der Waals surface area contributed by atoms with E-state index in [9.17, 15) is 9.59 Å². The van der Waals surface area contributed by atoms with Crippen molar-refractivity contribution in [3.05, 3.63) is 23.8 Å². The van der Waals surface area contributed by atoms with Crippen molar-refractivity contribution in [3.8, 4) is 0 Å². The molecule has 0 bridgehead atoms. The summed E-state index contributed by atoms with van der Waals surface area (Å²) < 4.78 is 10.3. The Kier molecular flexibility index (Phi) is 4.76. The molecule has 4 heteroatoms. The molecule has 0 saturated carbocycles. The maximum Gasteiger partial charge on any atom is 0.307 e. The van der Waals surface area contributed by atoms with Crippen molar-refractivity contribution < 1.29 is 19.1 Å². The maximum atomic E-state index is 12.0. The van der Waals surface area contributed by atoms with E-state index in [2.05, 4.69) is 25.2 Å². The number of Topliss-reactive ketones (excluding diaryl/α,β-unsaturated/α-hetero) is 1. The third-order valence-corrected chi connectivity index (χ3v) is 4.14. The van der Waals surface area contributed by atoms with Crippen LogP contribution in [0.25, 0.3) is 0 Å². The molecule has 0 fully saturated rings. The molecule has 1 heterocycles. The molecular weight excluding hydrogens is 256 g/mol. The third-order valence-electron chi connectivity index (χ3n) is 4.14. The van der Waals surface area contributed by atoms with E-state index >= 15 is 0 Å². The third kappa shape index (κ3) is 3.18. The molecule has 0 amide bonds. The van der Waals surface area contributed by atoms with E-state index in [1.807, 2.05) is 6.92 Å². The summed E-state index contributed by atoms with van der Waals surface area (Å²) >= 11 is 0. The van der Waals surface area contributed by atoms with Gasteiger partial charge < -0.3 is 9.47 Å². The van der Waals surface area contributed by atoms with Crippen LogP contribution in [0.1, 0.15) is 26.7 Å². The molecule has 110 valence electrons. The van der Waals surface area contributed by atoms with Gasteiger partial charge in [0.1, 0.15) is 6.61 Å². The van der Waals surface area contributed by atoms with Gasteiger partial charge in [0.2, 0.25) is 0 Å². The van der Waals surface area contributed by atoms with Crippen molar-refractivity contribution >= 4 is 11.8 Å². The van der Waals surface area contributed by atoms with Crippen molar-refractivity contribution in [1.82, 2.24) is 0 Å². The Morgan fingerprint density at radius 1 is 1.50 bits per heavy atom. The number of hydrogen-bond donors (Lipinski definition) is 0. The lowest BCUT2D eigenvalue weighted by molar-refractivity contribution is -0.159. The second-order valence-corrected chi connectivity index (χ2v) is 5.72. The van der Waals surface area contributed by atoms with Gasteiger partial charge in [0.15, 0.2) is 11.9 Å². The second kappa shape index (κ2) is 6.35. The van der Waals surface area contributed by atoms with E-state index in [0.29, 0.717) is 12.3 Å². The summed E-state index contributed by atoms with van der Waals surface area (Å²) in [5.41, 5.74) is 1.24. The summed E-state index contributed by atoms with van der Waals surface area (Å²) in [6.07, 6.45) is 6.85. The van der Waals surface area contributed by atoms with Crippen molar-refractivity contribution in [3.63, 3.8) is 0 Å². The van der Waals surface area contributed by atoms with Crippen LogP contribution in [-0.2, 0) is 19.1 Å². The van der Waals surface area contributed by atoms with Gasteiger partial charge in [-0.15, -0.1) is 0 Å². The Morgan fingerprint density at radius 2 is 2.25 bits per heavy atom. The highest BCUT2D eigenvalue weighted by molar-refractivity contribution is 5.87. The molecule has 0 unspecified atom stereocenters. The van der Waals surface area contributed by atoms with E-state index in [0.717, 1.165) is 6.42 Å². The zero-order valence-electron chi connectivity index (χ0n) is 12.3. The van der Waals surface area contributed by atoms with Crippen LogP contribution in [0.2, 0.25) is 0 Å². The highest BCUT2D eigenvalue weighted by Crippen LogP contribution is 2.36. The molecular formula is C16H22O4. The SMILES string of the molecule is COCC(=O)[C@H]1OC(=O)C[C@H]2C=CC[C@H]2/C(C)=C/[C@H]1C. The lowest BCUT2D eigenvalue weighted by Gasteiger charge is -2.20. The first kappa shape index (κ1) is 15.0. The number of cyclic esters (lactones) is 1. The van der Waals surface area contributed by atoms with E-state index in [4.69, 9.17) is 9.47 Å². The van der Waals surface area contributed by atoms with Crippen LogP contribution in [0.15, 0.2) is 23.8 Å². The topological polar surface area (TPSA) is 52.6 Å². The highest BCUT2D eigenvalue weighted by Gasteiger charge is 2.34. The van der Waals surface area contributed by atoms with Gasteiger partial charge in [-0.2, -0.15) is 0 Å². The Balaban J connectivity index is 2.24. The molecule has 0 spiro atoms. The van der Waals surface area contributed by atoms with Gasteiger partial charge in [-0.25, -0.2) is 0 Å². The van der Waals surface area contributed by atoms with Crippen molar-refractivity contribution in [2.24, 2.45) is 17.8 Å². The number of hydrogen-bond acceptors (Lipinski definition) is 4. The van der Waals surface area contributed by atoms with Gasteiger partial charge in [0, 0.05) is 13.0 Å². The van der Waals surface area contributed by atoms with Crippen LogP contribution < -0.4 is 0 Å². The summed E-state index contributed by atoms with van der Waals surface area (Å²) in [6.45, 7) is 3.97. The number of ketones is 1. The van der Waals surface area contributed by atoms with Gasteiger partial charge >= 0.3 is 5.97 Å². The lowest BCUT2D eigenvalue weighted by Crippen LogP contribution is -2.35. The van der Waals surface area contributed by atoms with E-state index < -0.39 is 6.10 Å². The van der Waals surface area contributed by atoms with Crippen molar-refractivity contribution in [2.75, 3.05) is 13.7 Å². The molecule has 2 aliphatic rings. The fourth-order valence-corrected chi connectivity index (χ4v) is 3.14. The molecule has 0 aromatic rings. The first-order chi connectivity index (χ1) is 9.52. The average Bonchev–Trinajstić information content (AvgIpc) is 2.83. The highest BCUT2D eigenvalue weighted by atomic mass is 16.5. The normalized spacial score (nSPS) is 36.1. The zero-order chi connectivity index (χ0) is 14.7. The Bertz CT molecular complexity index is 449. The monoisotopic (exact) mass is 278 g/mol. The van der Waals surface area contributed by atoms with Crippen LogP contribution in [0.4, 0.5) is 0 Å². The number of rotatable bonds is 3. The van der Waals surface area contributed by atoms with Crippen LogP contribution in [0.5, 0.6) is 0 Å². The molecule has 0 saturated heterocycles. The summed E-state index contributed by atoms with van der Waals surface area (Å²) in [7, 11) is 1.47. The fraction of sp³-hybridized carbons (Fsp3) is 0.625. The van der Waals surface area contributed by atoms with Crippen LogP contribution in [-0.4, -0.2) is 31.6 Å². The zero-order valence-corrected chi connectivity index (χ0v) is 12.3. The van der Waals surface area contributed by atoms with Gasteiger partial charge in [-0.3, -0.25) is 9.59 Å². The number of esters is 1. The van der Waals surface area contributed by atoms with Gasteiger partial charge in [-0.1, -0.05) is 30.7 Å². The van der Waals surface area contributed by atoms with Crippen molar-refractivity contribution in [2.45, 2.75) is 32.8 Å². The number of ether oxygens (including phenoxy) is 2.